The van der Waals surface area contributed by atoms with Crippen molar-refractivity contribution in [3.05, 3.63) is 83.9 Å². The summed E-state index contributed by atoms with van der Waals surface area (Å²) in [5.74, 6) is -2.28. The van der Waals surface area contributed by atoms with Crippen molar-refractivity contribution in [2.45, 2.75) is 24.8 Å². The van der Waals surface area contributed by atoms with Crippen molar-refractivity contribution in [2.24, 2.45) is 0 Å². The van der Waals surface area contributed by atoms with Gasteiger partial charge in [0, 0.05) is 12.2 Å². The van der Waals surface area contributed by atoms with Gasteiger partial charge in [-0.1, -0.05) is 49.4 Å². The van der Waals surface area contributed by atoms with Crippen LogP contribution in [0.2, 0.25) is 0 Å². The van der Waals surface area contributed by atoms with E-state index >= 15 is 0 Å². The van der Waals surface area contributed by atoms with Gasteiger partial charge in [0.15, 0.2) is 15.6 Å². The van der Waals surface area contributed by atoms with E-state index in [1.807, 2.05) is 24.3 Å². The van der Waals surface area contributed by atoms with Gasteiger partial charge in [-0.05, 0) is 59.0 Å². The average molecular weight is 410 g/mol. The molecule has 3 aromatic rings. The Balaban J connectivity index is 1.72. The number of sulfone groups is 1. The lowest BCUT2D eigenvalue weighted by molar-refractivity contribution is -0.134. The Labute approximate surface area is 171 Å². The van der Waals surface area contributed by atoms with Gasteiger partial charge in [0.25, 0.3) is 0 Å². The summed E-state index contributed by atoms with van der Waals surface area (Å²) >= 11 is 0. The molecule has 3 rings (SSSR count). The molecule has 0 heterocycles. The van der Waals surface area contributed by atoms with Gasteiger partial charge >= 0.3 is 5.97 Å². The summed E-state index contributed by atoms with van der Waals surface area (Å²) in [5, 5.41) is 12.0. The highest BCUT2D eigenvalue weighted by atomic mass is 32.2. The van der Waals surface area contributed by atoms with Crippen LogP contribution in [0, 0.1) is 0 Å². The summed E-state index contributed by atoms with van der Waals surface area (Å²) in [5.41, 5.74) is 5.56. The number of hydrogen-bond donors (Lipinski definition) is 2. The summed E-state index contributed by atoms with van der Waals surface area (Å²) in [6.45, 7) is 2.73. The number of aliphatic carboxylic acids is 1. The van der Waals surface area contributed by atoms with Crippen LogP contribution in [0.3, 0.4) is 0 Å². The Hall–Kier alpha value is -3.12. The molecule has 0 aliphatic carbocycles. The lowest BCUT2D eigenvalue weighted by Gasteiger charge is -2.11. The number of hydrogen-bond acceptors (Lipinski definition) is 4. The lowest BCUT2D eigenvalue weighted by Crippen LogP contribution is -2.15. The van der Waals surface area contributed by atoms with Crippen LogP contribution in [0.5, 0.6) is 0 Å². The Morgan fingerprint density at radius 1 is 0.966 bits per heavy atom. The summed E-state index contributed by atoms with van der Waals surface area (Å²) < 4.78 is 23.9. The van der Waals surface area contributed by atoms with Crippen molar-refractivity contribution >= 4 is 21.5 Å². The third kappa shape index (κ3) is 5.23. The van der Waals surface area contributed by atoms with Crippen molar-refractivity contribution < 1.29 is 18.3 Å². The fourth-order valence-corrected chi connectivity index (χ4v) is 4.23. The van der Waals surface area contributed by atoms with Crippen LogP contribution in [0.15, 0.2) is 77.7 Å². The van der Waals surface area contributed by atoms with Crippen molar-refractivity contribution in [2.75, 3.05) is 11.1 Å². The second kappa shape index (κ2) is 8.92. The highest BCUT2D eigenvalue weighted by Crippen LogP contribution is 2.25. The number of benzene rings is 3. The number of carboxylic acid groups (broad SMARTS) is 1. The van der Waals surface area contributed by atoms with Crippen molar-refractivity contribution in [1.82, 2.24) is 0 Å². The lowest BCUT2D eigenvalue weighted by atomic mass is 9.97. The highest BCUT2D eigenvalue weighted by Gasteiger charge is 2.18. The smallest absolute Gasteiger partial charge is 0.319 e. The molecule has 0 aliphatic rings. The molecule has 29 heavy (non-hydrogen) atoms. The van der Waals surface area contributed by atoms with Gasteiger partial charge in [-0.25, -0.2) is 8.42 Å². The Morgan fingerprint density at radius 3 is 2.38 bits per heavy atom. The molecule has 0 aromatic heterocycles. The molecule has 5 nitrogen and oxygen atoms in total. The van der Waals surface area contributed by atoms with Crippen LogP contribution in [-0.4, -0.2) is 25.2 Å². The maximum absolute atomic E-state index is 12.0. The first-order valence-corrected chi connectivity index (χ1v) is 11.0. The van der Waals surface area contributed by atoms with E-state index in [0.717, 1.165) is 23.2 Å². The Bertz CT molecular complexity index is 1110. The van der Waals surface area contributed by atoms with Crippen LogP contribution in [0.4, 0.5) is 5.69 Å². The largest absolute Gasteiger partial charge is 0.480 e. The molecule has 6 heteroatoms. The second-order valence-electron chi connectivity index (χ2n) is 6.74. The molecule has 2 N–H and O–H groups in total. The molecule has 0 spiro atoms. The van der Waals surface area contributed by atoms with Crippen molar-refractivity contribution in [3.8, 4) is 11.1 Å². The van der Waals surface area contributed by atoms with E-state index in [1.54, 1.807) is 12.1 Å². The van der Waals surface area contributed by atoms with Crippen molar-refractivity contribution in [1.29, 1.82) is 0 Å². The van der Waals surface area contributed by atoms with Crippen molar-refractivity contribution in [3.63, 3.8) is 0 Å². The zero-order chi connectivity index (χ0) is 20.9. The molecule has 3 aromatic carbocycles. The molecule has 0 unspecified atom stereocenters. The number of nitrogens with one attached hydrogen (secondary N) is 1. The first-order valence-electron chi connectivity index (χ1n) is 9.35. The average Bonchev–Trinajstić information content (AvgIpc) is 2.72. The van der Waals surface area contributed by atoms with Gasteiger partial charge in [0.2, 0.25) is 0 Å². The molecule has 0 bridgehead atoms. The number of anilines is 1. The Kier molecular flexibility index (Phi) is 6.34. The number of aryl methyl sites for hydroxylation is 1. The van der Waals surface area contributed by atoms with Gasteiger partial charge in [-0.2, -0.15) is 0 Å². The molecule has 0 radical (unpaired) electrons. The third-order valence-corrected chi connectivity index (χ3v) is 6.28. The minimum Gasteiger partial charge on any atom is -0.480 e. The predicted octanol–water partition coefficient (Wildman–Crippen LogP) is 4.39. The van der Waals surface area contributed by atoms with Gasteiger partial charge < -0.3 is 10.4 Å². The van der Waals surface area contributed by atoms with Gasteiger partial charge in [0.05, 0.1) is 4.90 Å². The Morgan fingerprint density at radius 2 is 1.69 bits per heavy atom. The quantitative estimate of drug-likeness (QED) is 0.577. The molecule has 0 atom stereocenters. The van der Waals surface area contributed by atoms with E-state index in [2.05, 4.69) is 36.5 Å². The van der Waals surface area contributed by atoms with E-state index in [1.165, 1.54) is 23.3 Å². The summed E-state index contributed by atoms with van der Waals surface area (Å²) in [7, 11) is -3.81. The van der Waals surface area contributed by atoms with E-state index in [9.17, 15) is 13.2 Å². The molecule has 0 amide bonds. The van der Waals surface area contributed by atoms with E-state index < -0.39 is 21.6 Å². The molecular formula is C23H23NO4S. The standard InChI is InChI=1S/C23H23NO4S/c1-2-18-7-3-4-9-22(18)19-8-5-6-17(14-19)15-24-20-10-12-21(13-11-20)29(27,28)16-23(25)26/h3-14,24H,2,15-16H2,1H3,(H,25,26). The van der Waals surface area contributed by atoms with Crippen LogP contribution in [0.25, 0.3) is 11.1 Å². The summed E-state index contributed by atoms with van der Waals surface area (Å²) in [6.07, 6.45) is 0.968. The minimum atomic E-state index is -3.81. The fraction of sp³-hybridized carbons (Fsp3) is 0.174. The zero-order valence-corrected chi connectivity index (χ0v) is 16.9. The molecule has 0 saturated heterocycles. The van der Waals surface area contributed by atoms with Gasteiger partial charge in [-0.15, -0.1) is 0 Å². The van der Waals surface area contributed by atoms with E-state index in [0.29, 0.717) is 6.54 Å². The highest BCUT2D eigenvalue weighted by molar-refractivity contribution is 7.92. The summed E-state index contributed by atoms with van der Waals surface area (Å²) in [6, 6.07) is 22.8. The monoisotopic (exact) mass is 409 g/mol. The first kappa shape index (κ1) is 20.6. The van der Waals surface area contributed by atoms with Crippen LogP contribution >= 0.6 is 0 Å². The fourth-order valence-electron chi connectivity index (χ4n) is 3.19. The minimum absolute atomic E-state index is 0.00335. The maximum atomic E-state index is 12.0. The molecule has 0 aliphatic heterocycles. The number of carbonyl (C=O) groups is 1. The molecule has 150 valence electrons. The van der Waals surface area contributed by atoms with E-state index in [4.69, 9.17) is 5.11 Å². The SMILES string of the molecule is CCc1ccccc1-c1cccc(CNc2ccc(S(=O)(=O)CC(=O)O)cc2)c1. The zero-order valence-electron chi connectivity index (χ0n) is 16.1. The van der Waals surface area contributed by atoms with Gasteiger partial charge in [0.1, 0.15) is 0 Å². The third-order valence-electron chi connectivity index (χ3n) is 4.66. The second-order valence-corrected chi connectivity index (χ2v) is 8.73. The molecular weight excluding hydrogens is 386 g/mol. The normalized spacial score (nSPS) is 11.2. The van der Waals surface area contributed by atoms with Crippen LogP contribution < -0.4 is 5.32 Å². The predicted molar refractivity (Wildman–Crippen MR) is 115 cm³/mol. The van der Waals surface area contributed by atoms with Crippen LogP contribution in [-0.2, 0) is 27.6 Å². The van der Waals surface area contributed by atoms with Crippen LogP contribution in [0.1, 0.15) is 18.1 Å². The van der Waals surface area contributed by atoms with E-state index in [-0.39, 0.29) is 4.90 Å². The summed E-state index contributed by atoms with van der Waals surface area (Å²) in [4.78, 5) is 10.7. The maximum Gasteiger partial charge on any atom is 0.319 e. The first-order chi connectivity index (χ1) is 13.9. The molecule has 0 fully saturated rings. The number of carboxylic acids is 1. The molecule has 0 saturated carbocycles. The number of rotatable bonds is 8. The topological polar surface area (TPSA) is 83.5 Å². The van der Waals surface area contributed by atoms with Gasteiger partial charge in [-0.3, -0.25) is 4.79 Å².